The number of anilines is 3. The van der Waals surface area contributed by atoms with E-state index in [4.69, 9.17) is 15.2 Å². The molecule has 0 fully saturated rings. The summed E-state index contributed by atoms with van der Waals surface area (Å²) in [5.74, 6) is -0.519. The summed E-state index contributed by atoms with van der Waals surface area (Å²) in [4.78, 5) is 23.8. The van der Waals surface area contributed by atoms with Crippen molar-refractivity contribution in [3.63, 3.8) is 0 Å². The topological polar surface area (TPSA) is 239 Å². The molecule has 6 rings (SSSR count). The van der Waals surface area contributed by atoms with E-state index in [1.54, 1.807) is 42.5 Å². The standard InChI is InChI=1S/C34H27N5O10S2.2Na/c1-48-27-15-19(20-8-12-24(28(16-20)49-2)37-39-33-21-6-4-3-5-18(21)9-14-26(33)40)7-11-23(27)36-38-25-13-10-22-29(50(42,43)44)17-30(51(45,46)47)32(35)31(22)34(25)41;;/h3-17,36-37H,35H2,1-2H3,(H,42,43,44)(H,45,46,47);;/q;2*+1/p-1. The maximum atomic E-state index is 13.4. The van der Waals surface area contributed by atoms with Gasteiger partial charge in [-0.2, -0.15) is 18.6 Å². The Bertz CT molecular complexity index is 2520. The van der Waals surface area contributed by atoms with Gasteiger partial charge in [0.15, 0.2) is 0 Å². The number of fused-ring (bicyclic) bond motifs is 2. The molecule has 2 aliphatic carbocycles. The third-order valence-electron chi connectivity index (χ3n) is 7.93. The number of carbonyl (C=O) groups is 2. The van der Waals surface area contributed by atoms with Crippen LogP contribution < -0.4 is 85.2 Å². The van der Waals surface area contributed by atoms with E-state index in [1.165, 1.54) is 20.3 Å². The zero-order chi connectivity index (χ0) is 36.7. The number of ether oxygens (including phenoxy) is 2. The molecule has 5 N–H and O–H groups in total. The second-order valence-electron chi connectivity index (χ2n) is 11.0. The van der Waals surface area contributed by atoms with Gasteiger partial charge in [0.05, 0.1) is 41.7 Å². The summed E-state index contributed by atoms with van der Waals surface area (Å²) < 4.78 is 80.1. The number of nitrogens with two attached hydrogens (primary N) is 1. The Morgan fingerprint density at radius 2 is 1.34 bits per heavy atom. The minimum atomic E-state index is -5.29. The van der Waals surface area contributed by atoms with E-state index in [0.29, 0.717) is 40.1 Å². The Balaban J connectivity index is 0.00000314. The number of allylic oxidation sites excluding steroid dienone is 2. The molecule has 15 nitrogen and oxygen atoms in total. The Labute approximate surface area is 348 Å². The van der Waals surface area contributed by atoms with Gasteiger partial charge in [0.25, 0.3) is 10.1 Å². The van der Waals surface area contributed by atoms with Gasteiger partial charge in [0, 0.05) is 11.1 Å². The van der Waals surface area contributed by atoms with Crippen molar-refractivity contribution in [3.8, 4) is 22.6 Å². The van der Waals surface area contributed by atoms with E-state index in [0.717, 1.165) is 23.3 Å². The molecule has 4 aromatic carbocycles. The van der Waals surface area contributed by atoms with E-state index in [9.17, 15) is 35.5 Å². The minimum absolute atomic E-state index is 0. The van der Waals surface area contributed by atoms with Crippen LogP contribution >= 0.6 is 0 Å². The molecule has 53 heavy (non-hydrogen) atoms. The van der Waals surface area contributed by atoms with Crippen molar-refractivity contribution >= 4 is 72.4 Å². The van der Waals surface area contributed by atoms with Crippen LogP contribution in [-0.4, -0.2) is 63.2 Å². The van der Waals surface area contributed by atoms with Crippen molar-refractivity contribution in [2.75, 3.05) is 30.8 Å². The first-order valence-corrected chi connectivity index (χ1v) is 17.5. The average Bonchev–Trinajstić information content (AvgIpc) is 3.09. The number of carbonyl (C=O) groups excluding carboxylic acids is 2. The third kappa shape index (κ3) is 8.49. The summed E-state index contributed by atoms with van der Waals surface area (Å²) in [6.45, 7) is 0. The largest absolute Gasteiger partial charge is 1.00 e. The maximum Gasteiger partial charge on any atom is 1.00 e. The number of nitrogens with zero attached hydrogens (tertiary/aromatic N) is 2. The fourth-order valence-corrected chi connectivity index (χ4v) is 6.89. The van der Waals surface area contributed by atoms with E-state index < -0.39 is 52.6 Å². The number of hydrazone groups is 2. The summed E-state index contributed by atoms with van der Waals surface area (Å²) in [6.07, 6.45) is 5.39. The van der Waals surface area contributed by atoms with Gasteiger partial charge in [0.2, 0.25) is 11.6 Å². The molecule has 0 bridgehead atoms. The molecule has 0 aromatic heterocycles. The predicted octanol–water partition coefficient (Wildman–Crippen LogP) is -1.80. The van der Waals surface area contributed by atoms with Crippen molar-refractivity contribution in [1.29, 1.82) is 0 Å². The molecule has 0 heterocycles. The molecular formula is C34H26N5Na2O10S2+. The van der Waals surface area contributed by atoms with Gasteiger partial charge >= 0.3 is 59.1 Å². The molecule has 4 aromatic rings. The second kappa shape index (κ2) is 16.5. The van der Waals surface area contributed by atoms with Crippen LogP contribution in [-0.2, 0) is 25.0 Å². The number of rotatable bonds is 9. The molecule has 0 saturated carbocycles. The first-order chi connectivity index (χ1) is 24.2. The van der Waals surface area contributed by atoms with Gasteiger partial charge in [-0.15, -0.1) is 0 Å². The monoisotopic (exact) mass is 774 g/mol. The van der Waals surface area contributed by atoms with Crippen molar-refractivity contribution in [3.05, 3.63) is 101 Å². The van der Waals surface area contributed by atoms with Crippen LogP contribution in [0.2, 0.25) is 0 Å². The minimum Gasteiger partial charge on any atom is -0.744 e. The zero-order valence-corrected chi connectivity index (χ0v) is 34.2. The summed E-state index contributed by atoms with van der Waals surface area (Å²) in [5, 5.41) is 8.44. The van der Waals surface area contributed by atoms with Crippen molar-refractivity contribution < 1.29 is 104 Å². The number of nitrogens with one attached hydrogen (secondary N) is 2. The molecule has 0 unspecified atom stereocenters. The fourth-order valence-electron chi connectivity index (χ4n) is 5.46. The Hall–Kier alpha value is -4.14. The Morgan fingerprint density at radius 3 is 1.91 bits per heavy atom. The van der Waals surface area contributed by atoms with Gasteiger partial charge in [-0.05, 0) is 59.2 Å². The van der Waals surface area contributed by atoms with Crippen molar-refractivity contribution in [2.45, 2.75) is 9.79 Å². The molecule has 0 atom stereocenters. The SMILES string of the molecule is COc1cc(-c2ccc(NN=C3C(=O)C=Cc4ccccc43)c(OC)c2)ccc1NN=C1C=Cc2c(S(=O)(=O)[O-])cc(S(=O)(=O)O)c(N)c2C1=O.[Na+].[Na+]. The van der Waals surface area contributed by atoms with Gasteiger partial charge in [0.1, 0.15) is 37.9 Å². The quantitative estimate of drug-likeness (QED) is 0.0637. The average molecular weight is 775 g/mol. The van der Waals surface area contributed by atoms with Crippen molar-refractivity contribution in [1.82, 2.24) is 0 Å². The van der Waals surface area contributed by atoms with Crippen LogP contribution in [0.15, 0.2) is 98.9 Å². The first kappa shape index (κ1) is 41.6. The fraction of sp³-hybridized carbons (Fsp3) is 0.0588. The van der Waals surface area contributed by atoms with Gasteiger partial charge < -0.3 is 19.8 Å². The van der Waals surface area contributed by atoms with Crippen LogP contribution in [0.5, 0.6) is 11.5 Å². The number of hydrogen-bond donors (Lipinski definition) is 4. The van der Waals surface area contributed by atoms with E-state index in [2.05, 4.69) is 21.1 Å². The van der Waals surface area contributed by atoms with Gasteiger partial charge in [-0.1, -0.05) is 48.6 Å². The maximum absolute atomic E-state index is 13.4. The molecule has 0 amide bonds. The molecule has 0 aliphatic heterocycles. The number of ketones is 2. The van der Waals surface area contributed by atoms with Crippen LogP contribution in [0, 0.1) is 0 Å². The van der Waals surface area contributed by atoms with E-state index in [-0.39, 0.29) is 76.3 Å². The van der Waals surface area contributed by atoms with E-state index >= 15 is 0 Å². The molecular weight excluding hydrogens is 749 g/mol. The smallest absolute Gasteiger partial charge is 0.744 e. The third-order valence-corrected chi connectivity index (χ3v) is 9.70. The normalized spacial score (nSPS) is 14.9. The van der Waals surface area contributed by atoms with Gasteiger partial charge in [-0.25, -0.2) is 8.42 Å². The van der Waals surface area contributed by atoms with Crippen LogP contribution in [0.4, 0.5) is 17.1 Å². The first-order valence-electron chi connectivity index (χ1n) is 14.7. The number of nitrogen functional groups attached to an aromatic ring is 1. The molecule has 0 spiro atoms. The molecule has 0 saturated heterocycles. The number of Topliss-reactive ketones (excluding diaryl/α,β-unsaturated/α-hetero) is 1. The predicted molar refractivity (Wildman–Crippen MR) is 189 cm³/mol. The van der Waals surface area contributed by atoms with Gasteiger partial charge in [-0.3, -0.25) is 25.0 Å². The molecule has 19 heteroatoms. The van der Waals surface area contributed by atoms with Crippen molar-refractivity contribution in [2.24, 2.45) is 10.2 Å². The number of benzene rings is 4. The molecule has 2 aliphatic rings. The Morgan fingerprint density at radius 1 is 0.755 bits per heavy atom. The molecule has 260 valence electrons. The molecule has 0 radical (unpaired) electrons. The number of hydrogen-bond acceptors (Lipinski definition) is 14. The summed E-state index contributed by atoms with van der Waals surface area (Å²) >= 11 is 0. The van der Waals surface area contributed by atoms with Crippen LogP contribution in [0.3, 0.4) is 0 Å². The van der Waals surface area contributed by atoms with Crippen LogP contribution in [0.25, 0.3) is 23.3 Å². The second-order valence-corrected chi connectivity index (χ2v) is 13.7. The Kier molecular flexibility index (Phi) is 12.9. The summed E-state index contributed by atoms with van der Waals surface area (Å²) in [6, 6.07) is 18.1. The van der Waals surface area contributed by atoms with E-state index in [1.807, 2.05) is 24.3 Å². The zero-order valence-electron chi connectivity index (χ0n) is 28.6. The summed E-state index contributed by atoms with van der Waals surface area (Å²) in [5.41, 5.74) is 13.4. The number of methoxy groups -OCH3 is 2. The summed E-state index contributed by atoms with van der Waals surface area (Å²) in [7, 11) is -7.50. The van der Waals surface area contributed by atoms with Crippen LogP contribution in [0.1, 0.15) is 27.0 Å².